The molecule has 18 heavy (non-hydrogen) atoms. The third-order valence-electron chi connectivity index (χ3n) is 4.35. The summed E-state index contributed by atoms with van der Waals surface area (Å²) in [7, 11) is 1.74. The van der Waals surface area contributed by atoms with Crippen LogP contribution in [0, 0.1) is 11.8 Å². The molecule has 0 aromatic rings. The highest BCUT2D eigenvalue weighted by molar-refractivity contribution is 5.79. The number of methoxy groups -OCH3 is 1. The van der Waals surface area contributed by atoms with Gasteiger partial charge in [-0.15, -0.1) is 0 Å². The molecule has 2 aliphatic rings. The van der Waals surface area contributed by atoms with Crippen molar-refractivity contribution >= 4 is 5.91 Å². The molecule has 1 aliphatic carbocycles. The highest BCUT2D eigenvalue weighted by Crippen LogP contribution is 2.27. The van der Waals surface area contributed by atoms with Crippen molar-refractivity contribution in [2.45, 2.75) is 44.6 Å². The van der Waals surface area contributed by atoms with Gasteiger partial charge in [-0.05, 0) is 44.4 Å². The molecule has 0 aromatic heterocycles. The maximum absolute atomic E-state index is 12.5. The van der Waals surface area contributed by atoms with Crippen molar-refractivity contribution in [3.05, 3.63) is 0 Å². The highest BCUT2D eigenvalue weighted by Gasteiger charge is 2.31. The molecule has 1 heterocycles. The van der Waals surface area contributed by atoms with Gasteiger partial charge in [0.05, 0.1) is 6.61 Å². The molecule has 0 bridgehead atoms. The first-order valence-electron chi connectivity index (χ1n) is 7.24. The Bertz CT molecular complexity index is 273. The van der Waals surface area contributed by atoms with E-state index in [0.29, 0.717) is 17.9 Å². The molecule has 1 amide bonds. The van der Waals surface area contributed by atoms with Crippen molar-refractivity contribution < 1.29 is 9.53 Å². The van der Waals surface area contributed by atoms with Crippen molar-refractivity contribution in [1.82, 2.24) is 4.90 Å². The Balaban J connectivity index is 1.84. The normalized spacial score (nSPS) is 33.4. The molecular weight excluding hydrogens is 228 g/mol. The number of amides is 1. The average molecular weight is 254 g/mol. The maximum atomic E-state index is 12.5. The summed E-state index contributed by atoms with van der Waals surface area (Å²) in [4.78, 5) is 14.5. The van der Waals surface area contributed by atoms with Gasteiger partial charge in [0.15, 0.2) is 0 Å². The number of hydrogen-bond acceptors (Lipinski definition) is 3. The van der Waals surface area contributed by atoms with E-state index in [1.165, 1.54) is 6.42 Å². The van der Waals surface area contributed by atoms with Crippen LogP contribution >= 0.6 is 0 Å². The minimum absolute atomic E-state index is 0.228. The number of ether oxygens (including phenoxy) is 1. The van der Waals surface area contributed by atoms with Crippen LogP contribution in [-0.2, 0) is 9.53 Å². The van der Waals surface area contributed by atoms with Crippen LogP contribution in [0.5, 0.6) is 0 Å². The lowest BCUT2D eigenvalue weighted by Crippen LogP contribution is -2.45. The van der Waals surface area contributed by atoms with Gasteiger partial charge in [-0.2, -0.15) is 0 Å². The van der Waals surface area contributed by atoms with Crippen molar-refractivity contribution in [3.63, 3.8) is 0 Å². The summed E-state index contributed by atoms with van der Waals surface area (Å²) >= 11 is 0. The topological polar surface area (TPSA) is 55.6 Å². The Morgan fingerprint density at radius 3 is 2.67 bits per heavy atom. The van der Waals surface area contributed by atoms with Crippen LogP contribution in [0.4, 0.5) is 0 Å². The van der Waals surface area contributed by atoms with Crippen molar-refractivity contribution in [1.29, 1.82) is 0 Å². The zero-order valence-corrected chi connectivity index (χ0v) is 11.4. The largest absolute Gasteiger partial charge is 0.384 e. The predicted molar refractivity (Wildman–Crippen MR) is 71.1 cm³/mol. The Labute approximate surface area is 110 Å². The van der Waals surface area contributed by atoms with Crippen molar-refractivity contribution in [2.75, 3.05) is 26.8 Å². The number of hydrogen-bond donors (Lipinski definition) is 1. The van der Waals surface area contributed by atoms with Gasteiger partial charge >= 0.3 is 0 Å². The summed E-state index contributed by atoms with van der Waals surface area (Å²) in [6.07, 6.45) is 6.27. The summed E-state index contributed by atoms with van der Waals surface area (Å²) in [6, 6.07) is 0.316. The number of likely N-dealkylation sites (tertiary alicyclic amines) is 1. The molecule has 2 fully saturated rings. The molecular formula is C14H26N2O2. The molecule has 1 saturated carbocycles. The van der Waals surface area contributed by atoms with Crippen molar-refractivity contribution in [3.8, 4) is 0 Å². The van der Waals surface area contributed by atoms with Gasteiger partial charge in [-0.1, -0.05) is 0 Å². The van der Waals surface area contributed by atoms with E-state index >= 15 is 0 Å². The average Bonchev–Trinajstić information content (AvgIpc) is 2.39. The number of carbonyl (C=O) groups excluding carboxylic acids is 1. The van der Waals surface area contributed by atoms with Crippen LogP contribution in [-0.4, -0.2) is 43.7 Å². The minimum Gasteiger partial charge on any atom is -0.384 e. The van der Waals surface area contributed by atoms with E-state index in [4.69, 9.17) is 10.5 Å². The number of nitrogens with two attached hydrogens (primary N) is 1. The molecule has 104 valence electrons. The molecule has 1 unspecified atom stereocenters. The first kappa shape index (κ1) is 13.8. The van der Waals surface area contributed by atoms with Gasteiger partial charge in [0.1, 0.15) is 0 Å². The molecule has 4 nitrogen and oxygen atoms in total. The third-order valence-corrected chi connectivity index (χ3v) is 4.35. The van der Waals surface area contributed by atoms with Gasteiger partial charge in [-0.3, -0.25) is 4.79 Å². The summed E-state index contributed by atoms with van der Waals surface area (Å²) in [5, 5.41) is 0. The lowest BCUT2D eigenvalue weighted by atomic mass is 9.85. The van der Waals surface area contributed by atoms with Crippen LogP contribution < -0.4 is 5.73 Å². The Hall–Kier alpha value is -0.610. The van der Waals surface area contributed by atoms with Crippen LogP contribution in [0.15, 0.2) is 0 Å². The molecule has 0 radical (unpaired) electrons. The van der Waals surface area contributed by atoms with Gasteiger partial charge < -0.3 is 15.4 Å². The van der Waals surface area contributed by atoms with Gasteiger partial charge in [0.25, 0.3) is 0 Å². The summed E-state index contributed by atoms with van der Waals surface area (Å²) in [5.74, 6) is 1.12. The second kappa shape index (κ2) is 6.53. The summed E-state index contributed by atoms with van der Waals surface area (Å²) < 4.78 is 5.21. The number of carbonyl (C=O) groups is 1. The van der Waals surface area contributed by atoms with Crippen LogP contribution in [0.1, 0.15) is 38.5 Å². The molecule has 1 aliphatic heterocycles. The van der Waals surface area contributed by atoms with Gasteiger partial charge in [-0.25, -0.2) is 0 Å². The zero-order chi connectivity index (χ0) is 13.0. The van der Waals surface area contributed by atoms with E-state index in [1.807, 2.05) is 0 Å². The molecule has 2 rings (SSSR count). The van der Waals surface area contributed by atoms with E-state index in [1.54, 1.807) is 7.11 Å². The quantitative estimate of drug-likeness (QED) is 0.828. The zero-order valence-electron chi connectivity index (χ0n) is 11.4. The van der Waals surface area contributed by atoms with E-state index in [0.717, 1.165) is 51.8 Å². The third kappa shape index (κ3) is 3.45. The Morgan fingerprint density at radius 2 is 2.00 bits per heavy atom. The Kier molecular flexibility index (Phi) is 5.01. The first-order chi connectivity index (χ1) is 8.70. The number of piperidine rings is 1. The fourth-order valence-electron chi connectivity index (χ4n) is 3.26. The molecule has 4 heteroatoms. The van der Waals surface area contributed by atoms with Crippen molar-refractivity contribution in [2.24, 2.45) is 17.6 Å². The van der Waals surface area contributed by atoms with E-state index in [2.05, 4.69) is 4.90 Å². The smallest absolute Gasteiger partial charge is 0.225 e. The molecule has 2 N–H and O–H groups in total. The van der Waals surface area contributed by atoms with E-state index in [-0.39, 0.29) is 5.92 Å². The Morgan fingerprint density at radius 1 is 1.28 bits per heavy atom. The van der Waals surface area contributed by atoms with Crippen LogP contribution in [0.2, 0.25) is 0 Å². The number of rotatable bonds is 3. The second-order valence-corrected chi connectivity index (χ2v) is 5.86. The summed E-state index contributed by atoms with van der Waals surface area (Å²) in [5.41, 5.74) is 5.90. The number of nitrogens with zero attached hydrogens (tertiary/aromatic N) is 1. The van der Waals surface area contributed by atoms with Crippen LogP contribution in [0.25, 0.3) is 0 Å². The van der Waals surface area contributed by atoms with E-state index in [9.17, 15) is 4.79 Å². The van der Waals surface area contributed by atoms with E-state index < -0.39 is 0 Å². The maximum Gasteiger partial charge on any atom is 0.225 e. The lowest BCUT2D eigenvalue weighted by molar-refractivity contribution is -0.138. The minimum atomic E-state index is 0.228. The standard InChI is InChI=1S/C14H26N2O2/c1-18-10-11-3-2-8-16(9-11)14(17)12-4-6-13(15)7-5-12/h11-13H,2-10,15H2,1H3. The predicted octanol–water partition coefficient (Wildman–Crippen LogP) is 1.39. The highest BCUT2D eigenvalue weighted by atomic mass is 16.5. The molecule has 1 atom stereocenters. The lowest BCUT2D eigenvalue weighted by Gasteiger charge is -2.36. The first-order valence-corrected chi connectivity index (χ1v) is 7.24. The molecule has 0 spiro atoms. The monoisotopic (exact) mass is 254 g/mol. The SMILES string of the molecule is COCC1CCCN(C(=O)C2CCC(N)CC2)C1. The van der Waals surface area contributed by atoms with Crippen LogP contribution in [0.3, 0.4) is 0 Å². The molecule has 1 saturated heterocycles. The second-order valence-electron chi connectivity index (χ2n) is 5.86. The molecule has 0 aromatic carbocycles. The van der Waals surface area contributed by atoms with Gasteiger partial charge in [0, 0.05) is 32.2 Å². The fraction of sp³-hybridized carbons (Fsp3) is 0.929. The van der Waals surface area contributed by atoms with Gasteiger partial charge in [0.2, 0.25) is 5.91 Å². The summed E-state index contributed by atoms with van der Waals surface area (Å²) in [6.45, 7) is 2.59. The fourth-order valence-corrected chi connectivity index (χ4v) is 3.26.